The highest BCUT2D eigenvalue weighted by atomic mass is 16.2. The lowest BCUT2D eigenvalue weighted by Crippen LogP contribution is -2.60. The van der Waals surface area contributed by atoms with Crippen molar-refractivity contribution in [1.29, 1.82) is 0 Å². The van der Waals surface area contributed by atoms with E-state index in [9.17, 15) is 14.4 Å². The van der Waals surface area contributed by atoms with E-state index >= 15 is 0 Å². The highest BCUT2D eigenvalue weighted by Gasteiger charge is 2.45. The molecule has 1 aromatic carbocycles. The molecule has 3 aliphatic rings. The number of rotatable bonds is 4. The zero-order valence-corrected chi connectivity index (χ0v) is 20.2. The number of amides is 3. The SMILES string of the molecule is CC(C)(C)N1C(=O)CCC(N2Cc3cc(-c4cc(CN5CCCC5)ccn4)ccc3C2=O)C1=O. The van der Waals surface area contributed by atoms with Crippen LogP contribution < -0.4 is 0 Å². The van der Waals surface area contributed by atoms with Crippen LogP contribution in [0.1, 0.15) is 67.9 Å². The molecule has 0 bridgehead atoms. The Bertz CT molecular complexity index is 1150. The molecule has 2 aromatic rings. The largest absolute Gasteiger partial charge is 0.322 e. The summed E-state index contributed by atoms with van der Waals surface area (Å²) in [5, 5.41) is 0. The van der Waals surface area contributed by atoms with E-state index in [0.29, 0.717) is 18.5 Å². The number of likely N-dealkylation sites (tertiary alicyclic amines) is 2. The van der Waals surface area contributed by atoms with Crippen molar-refractivity contribution in [1.82, 2.24) is 19.7 Å². The second kappa shape index (κ2) is 8.62. The first-order chi connectivity index (χ1) is 16.2. The first kappa shape index (κ1) is 22.7. The van der Waals surface area contributed by atoms with Crippen LogP contribution in [0.5, 0.6) is 0 Å². The molecule has 1 aromatic heterocycles. The highest BCUT2D eigenvalue weighted by Crippen LogP contribution is 2.33. The lowest BCUT2D eigenvalue weighted by molar-refractivity contribution is -0.158. The quantitative estimate of drug-likeness (QED) is 0.652. The monoisotopic (exact) mass is 460 g/mol. The third-order valence-electron chi connectivity index (χ3n) is 7.10. The predicted octanol–water partition coefficient (Wildman–Crippen LogP) is 3.62. The van der Waals surface area contributed by atoms with Gasteiger partial charge in [0.05, 0.1) is 5.69 Å². The number of benzene rings is 1. The molecule has 5 rings (SSSR count). The van der Waals surface area contributed by atoms with Gasteiger partial charge in [-0.05, 0) is 88.5 Å². The third kappa shape index (κ3) is 4.13. The van der Waals surface area contributed by atoms with Gasteiger partial charge in [-0.1, -0.05) is 6.07 Å². The summed E-state index contributed by atoms with van der Waals surface area (Å²) in [5.41, 5.74) is 4.03. The molecule has 34 heavy (non-hydrogen) atoms. The Balaban J connectivity index is 1.37. The highest BCUT2D eigenvalue weighted by molar-refractivity contribution is 6.06. The molecule has 1 atom stereocenters. The number of hydrogen-bond acceptors (Lipinski definition) is 5. The van der Waals surface area contributed by atoms with Gasteiger partial charge in [-0.2, -0.15) is 0 Å². The summed E-state index contributed by atoms with van der Waals surface area (Å²) in [4.78, 5) is 48.9. The van der Waals surface area contributed by atoms with Crippen LogP contribution in [0, 0.1) is 0 Å². The van der Waals surface area contributed by atoms with Crippen molar-refractivity contribution < 1.29 is 14.4 Å². The van der Waals surface area contributed by atoms with Crippen molar-refractivity contribution in [2.45, 2.75) is 71.1 Å². The summed E-state index contributed by atoms with van der Waals surface area (Å²) in [6.45, 7) is 9.14. The van der Waals surface area contributed by atoms with Crippen LogP contribution in [0.2, 0.25) is 0 Å². The molecular weight excluding hydrogens is 428 g/mol. The molecule has 0 radical (unpaired) electrons. The maximum absolute atomic E-state index is 13.2. The molecule has 3 aliphatic heterocycles. The summed E-state index contributed by atoms with van der Waals surface area (Å²) >= 11 is 0. The Kier molecular flexibility index (Phi) is 5.76. The zero-order valence-electron chi connectivity index (χ0n) is 20.2. The second-order valence-corrected chi connectivity index (χ2v) is 10.6. The van der Waals surface area contributed by atoms with Crippen LogP contribution in [0.3, 0.4) is 0 Å². The number of pyridine rings is 1. The number of carbonyl (C=O) groups excluding carboxylic acids is 3. The Morgan fingerprint density at radius 1 is 1.03 bits per heavy atom. The smallest absolute Gasteiger partial charge is 0.255 e. The molecule has 0 N–H and O–H groups in total. The van der Waals surface area contributed by atoms with Gasteiger partial charge in [-0.25, -0.2) is 0 Å². The number of nitrogens with zero attached hydrogens (tertiary/aromatic N) is 4. The van der Waals surface area contributed by atoms with Crippen molar-refractivity contribution in [2.24, 2.45) is 0 Å². The lowest BCUT2D eigenvalue weighted by Gasteiger charge is -2.41. The van der Waals surface area contributed by atoms with Crippen molar-refractivity contribution in [3.63, 3.8) is 0 Å². The maximum Gasteiger partial charge on any atom is 0.255 e. The zero-order chi connectivity index (χ0) is 24.0. The van der Waals surface area contributed by atoms with Crippen molar-refractivity contribution in [3.05, 3.63) is 53.2 Å². The molecule has 1 unspecified atom stereocenters. The van der Waals surface area contributed by atoms with E-state index in [-0.39, 0.29) is 24.1 Å². The molecule has 4 heterocycles. The molecule has 7 heteroatoms. The molecular formula is C27H32N4O3. The van der Waals surface area contributed by atoms with Gasteiger partial charge < -0.3 is 4.90 Å². The minimum Gasteiger partial charge on any atom is -0.322 e. The van der Waals surface area contributed by atoms with Gasteiger partial charge in [-0.3, -0.25) is 29.2 Å². The van der Waals surface area contributed by atoms with Gasteiger partial charge in [0.1, 0.15) is 6.04 Å². The van der Waals surface area contributed by atoms with Gasteiger partial charge in [-0.15, -0.1) is 0 Å². The van der Waals surface area contributed by atoms with Gasteiger partial charge in [0.2, 0.25) is 5.91 Å². The van der Waals surface area contributed by atoms with Crippen molar-refractivity contribution >= 4 is 17.7 Å². The minimum atomic E-state index is -0.610. The average Bonchev–Trinajstić information content (AvgIpc) is 3.41. The molecule has 0 spiro atoms. The normalized spacial score (nSPS) is 21.5. The van der Waals surface area contributed by atoms with Gasteiger partial charge >= 0.3 is 0 Å². The van der Waals surface area contributed by atoms with Crippen molar-refractivity contribution in [2.75, 3.05) is 13.1 Å². The lowest BCUT2D eigenvalue weighted by atomic mass is 9.96. The van der Waals surface area contributed by atoms with E-state index in [0.717, 1.165) is 36.5 Å². The number of fused-ring (bicyclic) bond motifs is 1. The summed E-state index contributed by atoms with van der Waals surface area (Å²) in [7, 11) is 0. The van der Waals surface area contributed by atoms with Crippen LogP contribution in [0.4, 0.5) is 0 Å². The standard InChI is InChI=1S/C27H32N4O3/c1-27(2,3)31-24(32)9-8-23(26(31)34)30-17-20-15-19(6-7-21(20)25(30)33)22-14-18(10-11-28-22)16-29-12-4-5-13-29/h6-7,10-11,14-15,23H,4-5,8-9,12-13,16-17H2,1-3H3. The van der Waals surface area contributed by atoms with Gasteiger partial charge in [0.25, 0.3) is 11.8 Å². The molecule has 2 fully saturated rings. The summed E-state index contributed by atoms with van der Waals surface area (Å²) in [6, 6.07) is 9.40. The first-order valence-electron chi connectivity index (χ1n) is 12.2. The fraction of sp³-hybridized carbons (Fsp3) is 0.481. The predicted molar refractivity (Wildman–Crippen MR) is 129 cm³/mol. The van der Waals surface area contributed by atoms with Crippen LogP contribution in [0.15, 0.2) is 36.5 Å². The third-order valence-corrected chi connectivity index (χ3v) is 7.10. The van der Waals surface area contributed by atoms with E-state index in [4.69, 9.17) is 0 Å². The summed E-state index contributed by atoms with van der Waals surface area (Å²) in [6.07, 6.45) is 5.02. The van der Waals surface area contributed by atoms with Crippen LogP contribution in [0.25, 0.3) is 11.3 Å². The number of aromatic nitrogens is 1. The van der Waals surface area contributed by atoms with Gasteiger partial charge in [0, 0.05) is 42.4 Å². The fourth-order valence-electron chi connectivity index (χ4n) is 5.44. The van der Waals surface area contributed by atoms with Gasteiger partial charge in [0.15, 0.2) is 0 Å². The Hall–Kier alpha value is -3.06. The average molecular weight is 461 g/mol. The van der Waals surface area contributed by atoms with E-state index in [1.165, 1.54) is 23.3 Å². The Morgan fingerprint density at radius 3 is 2.53 bits per heavy atom. The van der Waals surface area contributed by atoms with Crippen LogP contribution >= 0.6 is 0 Å². The molecule has 0 saturated carbocycles. The number of piperidine rings is 1. The fourth-order valence-corrected chi connectivity index (χ4v) is 5.44. The van der Waals surface area contributed by atoms with E-state index in [1.54, 1.807) is 4.90 Å². The number of carbonyl (C=O) groups is 3. The Morgan fingerprint density at radius 2 is 1.79 bits per heavy atom. The summed E-state index contributed by atoms with van der Waals surface area (Å²) < 4.78 is 0. The molecule has 178 valence electrons. The van der Waals surface area contributed by atoms with E-state index in [1.807, 2.05) is 45.2 Å². The molecule has 0 aliphatic carbocycles. The van der Waals surface area contributed by atoms with E-state index in [2.05, 4.69) is 22.0 Å². The maximum atomic E-state index is 13.2. The number of hydrogen-bond donors (Lipinski definition) is 0. The molecule has 7 nitrogen and oxygen atoms in total. The molecule has 2 saturated heterocycles. The topological polar surface area (TPSA) is 73.8 Å². The second-order valence-electron chi connectivity index (χ2n) is 10.6. The Labute approximate surface area is 200 Å². The molecule has 3 amide bonds. The first-order valence-corrected chi connectivity index (χ1v) is 12.2. The van der Waals surface area contributed by atoms with Crippen LogP contribution in [-0.2, 0) is 22.7 Å². The van der Waals surface area contributed by atoms with Crippen LogP contribution in [-0.4, -0.2) is 62.1 Å². The number of imide groups is 1. The summed E-state index contributed by atoms with van der Waals surface area (Å²) in [5.74, 6) is -0.583. The van der Waals surface area contributed by atoms with Crippen molar-refractivity contribution in [3.8, 4) is 11.3 Å². The minimum absolute atomic E-state index is 0.140. The van der Waals surface area contributed by atoms with E-state index < -0.39 is 11.6 Å².